The highest BCUT2D eigenvalue weighted by molar-refractivity contribution is 5.82. The van der Waals surface area contributed by atoms with Crippen LogP contribution in [0.3, 0.4) is 0 Å². The lowest BCUT2D eigenvalue weighted by molar-refractivity contribution is -0.136. The third-order valence-corrected chi connectivity index (χ3v) is 3.06. The number of nitrogens with zero attached hydrogens (tertiary/aromatic N) is 3. The molecule has 1 N–H and O–H groups in total. The first-order valence-corrected chi connectivity index (χ1v) is 6.46. The number of amides is 1. The van der Waals surface area contributed by atoms with E-state index in [1.54, 1.807) is 6.20 Å². The normalized spacial score (nSPS) is 20.5. The molecule has 1 atom stereocenters. The number of carbonyl (C=O) groups excluding carboxylic acids is 1. The molecule has 0 saturated carbocycles. The molecule has 5 heteroatoms. The van der Waals surface area contributed by atoms with Crippen LogP contribution < -0.4 is 5.32 Å². The minimum absolute atomic E-state index is 0.0411. The van der Waals surface area contributed by atoms with E-state index in [0.29, 0.717) is 12.6 Å². The Hall–Kier alpha value is -1.49. The highest BCUT2D eigenvalue weighted by Crippen LogP contribution is 2.14. The highest BCUT2D eigenvalue weighted by Gasteiger charge is 2.28. The van der Waals surface area contributed by atoms with Crippen molar-refractivity contribution in [1.29, 1.82) is 0 Å². The summed E-state index contributed by atoms with van der Waals surface area (Å²) in [6.45, 7) is 5.53. The van der Waals surface area contributed by atoms with Crippen molar-refractivity contribution in [3.05, 3.63) is 24.3 Å². The molecule has 0 aromatic carbocycles. The van der Waals surface area contributed by atoms with Gasteiger partial charge in [-0.1, -0.05) is 13.8 Å². The van der Waals surface area contributed by atoms with Crippen molar-refractivity contribution >= 4 is 5.91 Å². The SMILES string of the molecule is CC(C)NC1CCCN(Cc2ccncn2)C1=O. The summed E-state index contributed by atoms with van der Waals surface area (Å²) in [6.07, 6.45) is 5.20. The van der Waals surface area contributed by atoms with Crippen LogP contribution in [0.4, 0.5) is 0 Å². The summed E-state index contributed by atoms with van der Waals surface area (Å²) in [4.78, 5) is 22.2. The van der Waals surface area contributed by atoms with Gasteiger partial charge in [0.1, 0.15) is 6.33 Å². The molecule has 2 heterocycles. The average Bonchev–Trinajstić information content (AvgIpc) is 2.35. The van der Waals surface area contributed by atoms with Crippen molar-refractivity contribution < 1.29 is 4.79 Å². The molecule has 1 aromatic heterocycles. The Balaban J connectivity index is 1.98. The van der Waals surface area contributed by atoms with E-state index in [0.717, 1.165) is 25.1 Å². The maximum absolute atomic E-state index is 12.3. The molecule has 1 saturated heterocycles. The number of likely N-dealkylation sites (tertiary alicyclic amines) is 1. The van der Waals surface area contributed by atoms with E-state index in [1.807, 2.05) is 11.0 Å². The van der Waals surface area contributed by atoms with Crippen molar-refractivity contribution in [1.82, 2.24) is 20.2 Å². The number of hydrogen-bond acceptors (Lipinski definition) is 4. The van der Waals surface area contributed by atoms with Crippen molar-refractivity contribution in [2.45, 2.75) is 45.3 Å². The Morgan fingerprint density at radius 1 is 1.56 bits per heavy atom. The Kier molecular flexibility index (Phi) is 4.25. The van der Waals surface area contributed by atoms with Gasteiger partial charge in [-0.15, -0.1) is 0 Å². The lowest BCUT2D eigenvalue weighted by atomic mass is 10.0. The predicted molar refractivity (Wildman–Crippen MR) is 68.7 cm³/mol. The van der Waals surface area contributed by atoms with E-state index in [9.17, 15) is 4.79 Å². The standard InChI is InChI=1S/C13H20N4O/c1-10(2)16-12-4-3-7-17(13(12)18)8-11-5-6-14-9-15-11/h5-6,9-10,12,16H,3-4,7-8H2,1-2H3. The molecule has 0 aliphatic carbocycles. The van der Waals surface area contributed by atoms with Crippen LogP contribution in [-0.4, -0.2) is 39.4 Å². The topological polar surface area (TPSA) is 58.1 Å². The predicted octanol–water partition coefficient (Wildman–Crippen LogP) is 0.966. The van der Waals surface area contributed by atoms with E-state index >= 15 is 0 Å². The fraction of sp³-hybridized carbons (Fsp3) is 0.615. The maximum Gasteiger partial charge on any atom is 0.240 e. The molecule has 1 aliphatic heterocycles. The third kappa shape index (κ3) is 3.26. The third-order valence-electron chi connectivity index (χ3n) is 3.06. The van der Waals surface area contributed by atoms with Gasteiger partial charge in [0.05, 0.1) is 18.3 Å². The second-order valence-corrected chi connectivity index (χ2v) is 4.98. The van der Waals surface area contributed by atoms with Gasteiger partial charge in [0.2, 0.25) is 5.91 Å². The molecular weight excluding hydrogens is 228 g/mol. The van der Waals surface area contributed by atoms with Gasteiger partial charge in [0.25, 0.3) is 0 Å². The van der Waals surface area contributed by atoms with E-state index in [1.165, 1.54) is 6.33 Å². The molecule has 1 aromatic rings. The molecule has 0 spiro atoms. The Labute approximate surface area is 108 Å². The van der Waals surface area contributed by atoms with Crippen LogP contribution in [0, 0.1) is 0 Å². The summed E-state index contributed by atoms with van der Waals surface area (Å²) in [6, 6.07) is 2.14. The summed E-state index contributed by atoms with van der Waals surface area (Å²) < 4.78 is 0. The summed E-state index contributed by atoms with van der Waals surface area (Å²) >= 11 is 0. The van der Waals surface area contributed by atoms with Crippen molar-refractivity contribution in [2.75, 3.05) is 6.54 Å². The van der Waals surface area contributed by atoms with E-state index in [4.69, 9.17) is 0 Å². The molecular formula is C13H20N4O. The molecule has 98 valence electrons. The van der Waals surface area contributed by atoms with E-state index in [2.05, 4.69) is 29.1 Å². The van der Waals surface area contributed by atoms with Gasteiger partial charge in [-0.05, 0) is 18.9 Å². The second-order valence-electron chi connectivity index (χ2n) is 4.98. The summed E-state index contributed by atoms with van der Waals surface area (Å²) in [5.41, 5.74) is 0.892. The largest absolute Gasteiger partial charge is 0.335 e. The number of carbonyl (C=O) groups is 1. The van der Waals surface area contributed by atoms with Crippen LogP contribution in [0.25, 0.3) is 0 Å². The zero-order chi connectivity index (χ0) is 13.0. The number of nitrogens with one attached hydrogen (secondary N) is 1. The van der Waals surface area contributed by atoms with Gasteiger partial charge in [0.15, 0.2) is 0 Å². The monoisotopic (exact) mass is 248 g/mol. The fourth-order valence-electron chi connectivity index (χ4n) is 2.26. The zero-order valence-corrected chi connectivity index (χ0v) is 11.0. The lowest BCUT2D eigenvalue weighted by Gasteiger charge is -2.33. The first-order valence-electron chi connectivity index (χ1n) is 6.46. The number of piperidine rings is 1. The summed E-state index contributed by atoms with van der Waals surface area (Å²) in [5, 5.41) is 3.32. The quantitative estimate of drug-likeness (QED) is 0.862. The molecule has 5 nitrogen and oxygen atoms in total. The molecule has 18 heavy (non-hydrogen) atoms. The molecule has 1 amide bonds. The van der Waals surface area contributed by atoms with Gasteiger partial charge in [-0.25, -0.2) is 9.97 Å². The van der Waals surface area contributed by atoms with Gasteiger partial charge < -0.3 is 10.2 Å². The van der Waals surface area contributed by atoms with Crippen molar-refractivity contribution in [3.63, 3.8) is 0 Å². The van der Waals surface area contributed by atoms with Crippen LogP contribution in [0.15, 0.2) is 18.6 Å². The minimum atomic E-state index is -0.0411. The van der Waals surface area contributed by atoms with Crippen LogP contribution in [0.2, 0.25) is 0 Å². The Morgan fingerprint density at radius 3 is 3.06 bits per heavy atom. The lowest BCUT2D eigenvalue weighted by Crippen LogP contribution is -2.52. The Bertz CT molecular complexity index is 393. The first-order chi connectivity index (χ1) is 8.66. The van der Waals surface area contributed by atoms with E-state index < -0.39 is 0 Å². The smallest absolute Gasteiger partial charge is 0.240 e. The molecule has 0 radical (unpaired) electrons. The second kappa shape index (κ2) is 5.91. The average molecular weight is 248 g/mol. The summed E-state index contributed by atoms with van der Waals surface area (Å²) in [7, 11) is 0. The Morgan fingerprint density at radius 2 is 2.39 bits per heavy atom. The van der Waals surface area contributed by atoms with Gasteiger partial charge in [0, 0.05) is 18.8 Å². The minimum Gasteiger partial charge on any atom is -0.335 e. The van der Waals surface area contributed by atoms with Crippen molar-refractivity contribution in [3.8, 4) is 0 Å². The van der Waals surface area contributed by atoms with Gasteiger partial charge >= 0.3 is 0 Å². The molecule has 1 fully saturated rings. The van der Waals surface area contributed by atoms with E-state index in [-0.39, 0.29) is 11.9 Å². The number of aromatic nitrogens is 2. The first kappa shape index (κ1) is 13.0. The highest BCUT2D eigenvalue weighted by atomic mass is 16.2. The van der Waals surface area contributed by atoms with Crippen LogP contribution in [-0.2, 0) is 11.3 Å². The van der Waals surface area contributed by atoms with Crippen molar-refractivity contribution in [2.24, 2.45) is 0 Å². The molecule has 1 aliphatic rings. The molecule has 0 bridgehead atoms. The maximum atomic E-state index is 12.3. The molecule has 1 unspecified atom stereocenters. The van der Waals surface area contributed by atoms with Gasteiger partial charge in [-0.3, -0.25) is 4.79 Å². The molecule has 2 rings (SSSR count). The number of hydrogen-bond donors (Lipinski definition) is 1. The van der Waals surface area contributed by atoms with Crippen LogP contribution >= 0.6 is 0 Å². The van der Waals surface area contributed by atoms with Crippen LogP contribution in [0.5, 0.6) is 0 Å². The fourth-order valence-corrected chi connectivity index (χ4v) is 2.26. The van der Waals surface area contributed by atoms with Crippen LogP contribution in [0.1, 0.15) is 32.4 Å². The zero-order valence-electron chi connectivity index (χ0n) is 11.0. The summed E-state index contributed by atoms with van der Waals surface area (Å²) in [5.74, 6) is 0.188. The van der Waals surface area contributed by atoms with Gasteiger partial charge in [-0.2, -0.15) is 0 Å². The number of rotatable bonds is 4.